The summed E-state index contributed by atoms with van der Waals surface area (Å²) in [5.41, 5.74) is 6.28. The summed E-state index contributed by atoms with van der Waals surface area (Å²) in [4.78, 5) is 15.3. The molecule has 1 unspecified atom stereocenters. The van der Waals surface area contributed by atoms with E-state index in [-0.39, 0.29) is 6.04 Å². The Labute approximate surface area is 128 Å². The van der Waals surface area contributed by atoms with E-state index in [0.29, 0.717) is 23.3 Å². The first-order valence-electron chi connectivity index (χ1n) is 6.20. The quantitative estimate of drug-likeness (QED) is 0.836. The monoisotopic (exact) mass is 319 g/mol. The Morgan fingerprint density at radius 2 is 1.95 bits per heavy atom. The van der Waals surface area contributed by atoms with E-state index < -0.39 is 11.7 Å². The second kappa shape index (κ2) is 7.11. The van der Waals surface area contributed by atoms with Gasteiger partial charge in [0.05, 0.1) is 0 Å². The summed E-state index contributed by atoms with van der Waals surface area (Å²) in [5, 5.41) is 3.26. The molecule has 3 N–H and O–H groups in total. The van der Waals surface area contributed by atoms with Crippen LogP contribution in [0.2, 0.25) is 10.3 Å². The van der Waals surface area contributed by atoms with Gasteiger partial charge in [0.15, 0.2) is 0 Å². The van der Waals surface area contributed by atoms with E-state index in [1.807, 2.05) is 0 Å². The van der Waals surface area contributed by atoms with Gasteiger partial charge in [0.2, 0.25) is 0 Å². The van der Waals surface area contributed by atoms with Crippen LogP contribution in [0.25, 0.3) is 0 Å². The zero-order chi connectivity index (χ0) is 15.3. The standard InChI is InChI=1S/C13H19Cl2N3O2/c1-13(2,3)20-12(19)17-7-9(16)4-8-5-10(14)18-11(15)6-8/h5-6,9H,4,7,16H2,1-3H3,(H,17,19). The van der Waals surface area contributed by atoms with Crippen LogP contribution < -0.4 is 11.1 Å². The molecule has 0 saturated carbocycles. The lowest BCUT2D eigenvalue weighted by Gasteiger charge is -2.20. The SMILES string of the molecule is CC(C)(C)OC(=O)NCC(N)Cc1cc(Cl)nc(Cl)c1. The number of aromatic nitrogens is 1. The molecule has 0 fully saturated rings. The first-order valence-corrected chi connectivity index (χ1v) is 6.96. The molecule has 0 saturated heterocycles. The van der Waals surface area contributed by atoms with Crippen LogP contribution >= 0.6 is 23.2 Å². The zero-order valence-corrected chi connectivity index (χ0v) is 13.3. The third kappa shape index (κ3) is 6.93. The van der Waals surface area contributed by atoms with Crippen molar-refractivity contribution in [1.82, 2.24) is 10.3 Å². The Morgan fingerprint density at radius 1 is 1.40 bits per heavy atom. The number of nitrogens with one attached hydrogen (secondary N) is 1. The minimum Gasteiger partial charge on any atom is -0.444 e. The van der Waals surface area contributed by atoms with E-state index in [4.69, 9.17) is 33.7 Å². The molecule has 0 aliphatic heterocycles. The molecular weight excluding hydrogens is 301 g/mol. The van der Waals surface area contributed by atoms with Crippen LogP contribution in [0.4, 0.5) is 4.79 Å². The number of carbonyl (C=O) groups excluding carboxylic acids is 1. The lowest BCUT2D eigenvalue weighted by atomic mass is 10.1. The highest BCUT2D eigenvalue weighted by Crippen LogP contribution is 2.15. The number of nitrogens with two attached hydrogens (primary N) is 1. The molecule has 1 aromatic heterocycles. The molecule has 0 aliphatic carbocycles. The van der Waals surface area contributed by atoms with E-state index >= 15 is 0 Å². The first-order chi connectivity index (χ1) is 9.15. The van der Waals surface area contributed by atoms with Crippen molar-refractivity contribution in [2.24, 2.45) is 5.73 Å². The van der Waals surface area contributed by atoms with E-state index in [1.165, 1.54) is 0 Å². The smallest absolute Gasteiger partial charge is 0.407 e. The zero-order valence-electron chi connectivity index (χ0n) is 11.7. The Morgan fingerprint density at radius 3 is 2.45 bits per heavy atom. The molecular formula is C13H19Cl2N3O2. The van der Waals surface area contributed by atoms with E-state index in [2.05, 4.69) is 10.3 Å². The summed E-state index contributed by atoms with van der Waals surface area (Å²) in [5.74, 6) is 0. The molecule has 0 aliphatic rings. The number of pyridine rings is 1. The summed E-state index contributed by atoms with van der Waals surface area (Å²) in [6, 6.07) is 3.12. The van der Waals surface area contributed by atoms with Gasteiger partial charge in [-0.15, -0.1) is 0 Å². The fourth-order valence-electron chi connectivity index (χ4n) is 1.54. The average Bonchev–Trinajstić information content (AvgIpc) is 2.22. The van der Waals surface area contributed by atoms with E-state index in [0.717, 1.165) is 5.56 Å². The average molecular weight is 320 g/mol. The first kappa shape index (κ1) is 17.0. The van der Waals surface area contributed by atoms with Crippen molar-refractivity contribution >= 4 is 29.3 Å². The maximum absolute atomic E-state index is 11.5. The molecule has 1 amide bonds. The number of carbonyl (C=O) groups is 1. The second-order valence-electron chi connectivity index (χ2n) is 5.47. The van der Waals surface area contributed by atoms with E-state index in [1.54, 1.807) is 32.9 Å². The van der Waals surface area contributed by atoms with Gasteiger partial charge < -0.3 is 15.8 Å². The minimum absolute atomic E-state index is 0.267. The third-order valence-corrected chi connectivity index (χ3v) is 2.62. The van der Waals surface area contributed by atoms with Gasteiger partial charge in [0, 0.05) is 12.6 Å². The Kier molecular flexibility index (Phi) is 6.05. The fraction of sp³-hybridized carbons (Fsp3) is 0.538. The van der Waals surface area contributed by atoms with Gasteiger partial charge in [0.1, 0.15) is 15.9 Å². The lowest BCUT2D eigenvalue weighted by Crippen LogP contribution is -2.41. The molecule has 0 spiro atoms. The topological polar surface area (TPSA) is 77.2 Å². The number of nitrogens with zero attached hydrogens (tertiary/aromatic N) is 1. The van der Waals surface area contributed by atoms with Crippen molar-refractivity contribution in [3.8, 4) is 0 Å². The molecule has 0 radical (unpaired) electrons. The number of ether oxygens (including phenoxy) is 1. The second-order valence-corrected chi connectivity index (χ2v) is 6.24. The van der Waals surface area contributed by atoms with Crippen LogP contribution in [-0.4, -0.2) is 29.3 Å². The van der Waals surface area contributed by atoms with Crippen molar-refractivity contribution in [2.45, 2.75) is 38.8 Å². The van der Waals surface area contributed by atoms with Gasteiger partial charge in [-0.05, 0) is 44.9 Å². The molecule has 1 atom stereocenters. The number of alkyl carbamates (subject to hydrolysis) is 1. The molecule has 1 aromatic rings. The summed E-state index contributed by atoms with van der Waals surface area (Å²) in [6.45, 7) is 5.70. The summed E-state index contributed by atoms with van der Waals surface area (Å²) in [7, 11) is 0. The maximum atomic E-state index is 11.5. The molecule has 112 valence electrons. The third-order valence-electron chi connectivity index (χ3n) is 2.23. The van der Waals surface area contributed by atoms with Gasteiger partial charge in [-0.2, -0.15) is 0 Å². The van der Waals surface area contributed by atoms with Gasteiger partial charge in [-0.25, -0.2) is 9.78 Å². The van der Waals surface area contributed by atoms with Crippen LogP contribution in [0.5, 0.6) is 0 Å². The van der Waals surface area contributed by atoms with Crippen molar-refractivity contribution in [1.29, 1.82) is 0 Å². The molecule has 0 aromatic carbocycles. The Bertz CT molecular complexity index is 455. The van der Waals surface area contributed by atoms with Gasteiger partial charge >= 0.3 is 6.09 Å². The molecule has 0 bridgehead atoms. The number of rotatable bonds is 4. The summed E-state index contributed by atoms with van der Waals surface area (Å²) >= 11 is 11.6. The molecule has 1 rings (SSSR count). The van der Waals surface area contributed by atoms with Crippen molar-refractivity contribution in [2.75, 3.05) is 6.54 Å². The highest BCUT2D eigenvalue weighted by atomic mass is 35.5. The fourth-order valence-corrected chi connectivity index (χ4v) is 2.04. The van der Waals surface area contributed by atoms with Crippen LogP contribution in [0.1, 0.15) is 26.3 Å². The normalized spacial score (nSPS) is 12.9. The largest absolute Gasteiger partial charge is 0.444 e. The predicted molar refractivity (Wildman–Crippen MR) is 80.2 cm³/mol. The molecule has 1 heterocycles. The minimum atomic E-state index is -0.527. The highest BCUT2D eigenvalue weighted by molar-refractivity contribution is 6.32. The molecule has 5 nitrogen and oxygen atoms in total. The van der Waals surface area contributed by atoms with Gasteiger partial charge in [0.25, 0.3) is 0 Å². The summed E-state index contributed by atoms with van der Waals surface area (Å²) < 4.78 is 5.12. The molecule has 20 heavy (non-hydrogen) atoms. The van der Waals surface area contributed by atoms with Crippen LogP contribution in [-0.2, 0) is 11.2 Å². The number of hydrogen-bond acceptors (Lipinski definition) is 4. The highest BCUT2D eigenvalue weighted by Gasteiger charge is 2.16. The van der Waals surface area contributed by atoms with Gasteiger partial charge in [-0.1, -0.05) is 23.2 Å². The lowest BCUT2D eigenvalue weighted by molar-refractivity contribution is 0.0524. The van der Waals surface area contributed by atoms with Crippen molar-refractivity contribution < 1.29 is 9.53 Å². The van der Waals surface area contributed by atoms with Crippen LogP contribution in [0, 0.1) is 0 Å². The van der Waals surface area contributed by atoms with E-state index in [9.17, 15) is 4.79 Å². The maximum Gasteiger partial charge on any atom is 0.407 e. The van der Waals surface area contributed by atoms with Crippen LogP contribution in [0.15, 0.2) is 12.1 Å². The number of halogens is 2. The van der Waals surface area contributed by atoms with Crippen LogP contribution in [0.3, 0.4) is 0 Å². The predicted octanol–water partition coefficient (Wildman–Crippen LogP) is 2.78. The van der Waals surface area contributed by atoms with Crippen molar-refractivity contribution in [3.63, 3.8) is 0 Å². The van der Waals surface area contributed by atoms with Crippen molar-refractivity contribution in [3.05, 3.63) is 28.0 Å². The number of hydrogen-bond donors (Lipinski definition) is 2. The Balaban J connectivity index is 2.44. The number of amides is 1. The Hall–Kier alpha value is -1.04. The summed E-state index contributed by atoms with van der Waals surface area (Å²) in [6.07, 6.45) is 0.0383. The van der Waals surface area contributed by atoms with Gasteiger partial charge in [-0.3, -0.25) is 0 Å². The molecule has 7 heteroatoms.